The average molecular weight is 304 g/mol. The van der Waals surface area contributed by atoms with Crippen molar-refractivity contribution in [3.63, 3.8) is 0 Å². The van der Waals surface area contributed by atoms with Gasteiger partial charge in [-0.1, -0.05) is 13.3 Å². The molecule has 1 saturated heterocycles. The van der Waals surface area contributed by atoms with Crippen molar-refractivity contribution in [2.45, 2.75) is 37.5 Å². The molecule has 2 aliphatic rings. The molecule has 4 unspecified atom stereocenters. The standard InChI is InChI=1S/C13H24N2O4S/c1-9-7-15(8-11(9)14(2)3)20(18,19)12-6-4-5-10(12)13(16)17/h9-12H,4-8H2,1-3H3,(H,16,17). The fraction of sp³-hybridized carbons (Fsp3) is 0.923. The van der Waals surface area contributed by atoms with Crippen LogP contribution in [-0.2, 0) is 14.8 Å². The fourth-order valence-electron chi connectivity index (χ4n) is 3.54. The van der Waals surface area contributed by atoms with Gasteiger partial charge in [-0.25, -0.2) is 8.42 Å². The van der Waals surface area contributed by atoms with Crippen molar-refractivity contribution in [2.75, 3.05) is 27.2 Å². The van der Waals surface area contributed by atoms with Crippen molar-refractivity contribution in [2.24, 2.45) is 11.8 Å². The van der Waals surface area contributed by atoms with E-state index >= 15 is 0 Å². The topological polar surface area (TPSA) is 77.9 Å². The first-order valence-electron chi connectivity index (χ1n) is 7.13. The molecule has 2 fully saturated rings. The van der Waals surface area contributed by atoms with E-state index in [1.54, 1.807) is 0 Å². The predicted octanol–water partition coefficient (Wildman–Crippen LogP) is 0.451. The molecule has 0 aromatic rings. The number of carboxylic acid groups (broad SMARTS) is 1. The van der Waals surface area contributed by atoms with Crippen LogP contribution in [0.5, 0.6) is 0 Å². The first-order chi connectivity index (χ1) is 9.25. The van der Waals surface area contributed by atoms with Gasteiger partial charge in [0.1, 0.15) is 0 Å². The van der Waals surface area contributed by atoms with Gasteiger partial charge >= 0.3 is 5.97 Å². The van der Waals surface area contributed by atoms with E-state index in [0.29, 0.717) is 32.4 Å². The Morgan fingerprint density at radius 1 is 1.25 bits per heavy atom. The third kappa shape index (κ3) is 2.71. The summed E-state index contributed by atoms with van der Waals surface area (Å²) in [6.45, 7) is 3.01. The molecule has 1 aliphatic heterocycles. The van der Waals surface area contributed by atoms with Crippen molar-refractivity contribution in [3.8, 4) is 0 Å². The first-order valence-corrected chi connectivity index (χ1v) is 8.63. The van der Waals surface area contributed by atoms with Crippen LogP contribution in [0.4, 0.5) is 0 Å². The van der Waals surface area contributed by atoms with Crippen LogP contribution in [-0.4, -0.2) is 67.2 Å². The number of sulfonamides is 1. The summed E-state index contributed by atoms with van der Waals surface area (Å²) >= 11 is 0. The van der Waals surface area contributed by atoms with Crippen molar-refractivity contribution < 1.29 is 18.3 Å². The smallest absolute Gasteiger partial charge is 0.307 e. The lowest BCUT2D eigenvalue weighted by Gasteiger charge is -2.25. The summed E-state index contributed by atoms with van der Waals surface area (Å²) in [6, 6.07) is 0.203. The Morgan fingerprint density at radius 2 is 1.90 bits per heavy atom. The monoisotopic (exact) mass is 304 g/mol. The number of aliphatic carboxylic acids is 1. The molecular formula is C13H24N2O4S. The third-order valence-corrected chi connectivity index (χ3v) is 7.06. The maximum Gasteiger partial charge on any atom is 0.307 e. The SMILES string of the molecule is CC1CN(S(=O)(=O)C2CCCC2C(=O)O)CC1N(C)C. The Labute approximate surface area is 120 Å². The summed E-state index contributed by atoms with van der Waals surface area (Å²) < 4.78 is 26.9. The molecule has 116 valence electrons. The minimum Gasteiger partial charge on any atom is -0.481 e. The van der Waals surface area contributed by atoms with Crippen molar-refractivity contribution in [1.82, 2.24) is 9.21 Å². The van der Waals surface area contributed by atoms with Crippen LogP contribution in [0, 0.1) is 11.8 Å². The molecule has 1 saturated carbocycles. The maximum absolute atomic E-state index is 12.7. The average Bonchev–Trinajstić information content (AvgIpc) is 2.94. The molecular weight excluding hydrogens is 280 g/mol. The molecule has 7 heteroatoms. The number of rotatable bonds is 4. The molecule has 20 heavy (non-hydrogen) atoms. The molecule has 0 spiro atoms. The number of carbonyl (C=O) groups is 1. The van der Waals surface area contributed by atoms with E-state index in [-0.39, 0.29) is 12.0 Å². The number of carboxylic acids is 1. The van der Waals surface area contributed by atoms with E-state index < -0.39 is 27.2 Å². The van der Waals surface area contributed by atoms with E-state index in [2.05, 4.69) is 0 Å². The molecule has 0 bridgehead atoms. The highest BCUT2D eigenvalue weighted by atomic mass is 32.2. The van der Waals surface area contributed by atoms with E-state index in [9.17, 15) is 18.3 Å². The van der Waals surface area contributed by atoms with Crippen LogP contribution >= 0.6 is 0 Å². The third-order valence-electron chi connectivity index (χ3n) is 4.71. The second-order valence-corrected chi connectivity index (χ2v) is 8.44. The van der Waals surface area contributed by atoms with Crippen LogP contribution in [0.2, 0.25) is 0 Å². The van der Waals surface area contributed by atoms with Gasteiger partial charge in [-0.05, 0) is 32.9 Å². The van der Waals surface area contributed by atoms with Crippen molar-refractivity contribution in [3.05, 3.63) is 0 Å². The molecule has 1 N–H and O–H groups in total. The Kier molecular flexibility index (Phi) is 4.41. The van der Waals surface area contributed by atoms with Gasteiger partial charge in [-0.2, -0.15) is 4.31 Å². The van der Waals surface area contributed by atoms with Gasteiger partial charge in [0.05, 0.1) is 11.2 Å². The summed E-state index contributed by atoms with van der Waals surface area (Å²) in [4.78, 5) is 13.3. The number of likely N-dealkylation sites (N-methyl/N-ethyl adjacent to an activating group) is 1. The highest BCUT2D eigenvalue weighted by Crippen LogP contribution is 2.35. The molecule has 1 heterocycles. The van der Waals surface area contributed by atoms with Crippen LogP contribution in [0.25, 0.3) is 0 Å². The van der Waals surface area contributed by atoms with Crippen LogP contribution in [0.15, 0.2) is 0 Å². The second kappa shape index (κ2) is 5.61. The summed E-state index contributed by atoms with van der Waals surface area (Å²) in [5.41, 5.74) is 0. The summed E-state index contributed by atoms with van der Waals surface area (Å²) in [7, 11) is 0.396. The zero-order valence-electron chi connectivity index (χ0n) is 12.3. The number of hydrogen-bond donors (Lipinski definition) is 1. The van der Waals surface area contributed by atoms with Gasteiger partial charge in [-0.3, -0.25) is 4.79 Å². The van der Waals surface area contributed by atoms with E-state index in [1.165, 1.54) is 4.31 Å². The van der Waals surface area contributed by atoms with Crippen molar-refractivity contribution in [1.29, 1.82) is 0 Å². The van der Waals surface area contributed by atoms with Gasteiger partial charge in [0, 0.05) is 19.1 Å². The van der Waals surface area contributed by atoms with E-state index in [4.69, 9.17) is 0 Å². The Hall–Kier alpha value is -0.660. The highest BCUT2D eigenvalue weighted by Gasteiger charge is 2.47. The molecule has 0 amide bonds. The zero-order valence-corrected chi connectivity index (χ0v) is 13.1. The Bertz CT molecular complexity index is 477. The zero-order chi connectivity index (χ0) is 15.1. The largest absolute Gasteiger partial charge is 0.481 e. The van der Waals surface area contributed by atoms with Crippen LogP contribution in [0.3, 0.4) is 0 Å². The molecule has 0 aromatic heterocycles. The number of nitrogens with zero attached hydrogens (tertiary/aromatic N) is 2. The maximum atomic E-state index is 12.7. The Balaban J connectivity index is 2.17. The minimum atomic E-state index is -3.51. The van der Waals surface area contributed by atoms with Gasteiger partial charge in [0.2, 0.25) is 10.0 Å². The van der Waals surface area contributed by atoms with E-state index in [1.807, 2.05) is 25.9 Å². The quantitative estimate of drug-likeness (QED) is 0.816. The van der Waals surface area contributed by atoms with E-state index in [0.717, 1.165) is 0 Å². The van der Waals surface area contributed by atoms with Gasteiger partial charge in [0.25, 0.3) is 0 Å². The van der Waals surface area contributed by atoms with Gasteiger partial charge in [-0.15, -0.1) is 0 Å². The lowest BCUT2D eigenvalue weighted by molar-refractivity contribution is -0.141. The predicted molar refractivity (Wildman–Crippen MR) is 75.9 cm³/mol. The van der Waals surface area contributed by atoms with Crippen molar-refractivity contribution >= 4 is 16.0 Å². The van der Waals surface area contributed by atoms with Gasteiger partial charge in [0.15, 0.2) is 0 Å². The van der Waals surface area contributed by atoms with Gasteiger partial charge < -0.3 is 10.0 Å². The molecule has 2 rings (SSSR count). The fourth-order valence-corrected chi connectivity index (χ4v) is 5.86. The molecule has 0 aromatic carbocycles. The molecule has 1 aliphatic carbocycles. The normalized spacial score (nSPS) is 35.8. The minimum absolute atomic E-state index is 0.203. The molecule has 4 atom stereocenters. The second-order valence-electron chi connectivity index (χ2n) is 6.28. The molecule has 0 radical (unpaired) electrons. The first kappa shape index (κ1) is 15.7. The lowest BCUT2D eigenvalue weighted by Crippen LogP contribution is -2.42. The highest BCUT2D eigenvalue weighted by molar-refractivity contribution is 7.89. The summed E-state index contributed by atoms with van der Waals surface area (Å²) in [5.74, 6) is -1.45. The summed E-state index contributed by atoms with van der Waals surface area (Å²) in [5, 5.41) is 8.45. The van der Waals surface area contributed by atoms with Crippen LogP contribution < -0.4 is 0 Å². The Morgan fingerprint density at radius 3 is 2.40 bits per heavy atom. The lowest BCUT2D eigenvalue weighted by atomic mass is 10.1. The van der Waals surface area contributed by atoms with Crippen LogP contribution in [0.1, 0.15) is 26.2 Å². The number of hydrogen-bond acceptors (Lipinski definition) is 4. The summed E-state index contributed by atoms with van der Waals surface area (Å²) in [6.07, 6.45) is 1.62. The molecule has 6 nitrogen and oxygen atoms in total.